The first kappa shape index (κ1) is 28.1. The molecular formula is C28H23ClF2N2O5S. The van der Waals surface area contributed by atoms with Crippen molar-refractivity contribution in [1.29, 1.82) is 0 Å². The van der Waals surface area contributed by atoms with Crippen LogP contribution in [0.4, 0.5) is 8.78 Å². The normalized spacial score (nSPS) is 12.3. The van der Waals surface area contributed by atoms with E-state index in [1.807, 2.05) is 25.1 Å². The fraction of sp³-hybridized carbons (Fsp3) is 0.179. The third kappa shape index (κ3) is 6.40. The van der Waals surface area contributed by atoms with E-state index in [-0.39, 0.29) is 12.0 Å². The molecule has 0 unspecified atom stereocenters. The van der Waals surface area contributed by atoms with E-state index >= 15 is 0 Å². The Bertz CT molecular complexity index is 1700. The third-order valence-corrected chi connectivity index (χ3v) is 7.23. The molecule has 11 heteroatoms. The van der Waals surface area contributed by atoms with E-state index in [0.717, 1.165) is 35.1 Å². The average Bonchev–Trinajstić information content (AvgIpc) is 2.82. The number of carbonyl (C=O) groups excluding carboxylic acids is 1. The van der Waals surface area contributed by atoms with Crippen molar-refractivity contribution in [2.45, 2.75) is 25.1 Å². The zero-order chi connectivity index (χ0) is 28.5. The van der Waals surface area contributed by atoms with Gasteiger partial charge < -0.3 is 10.4 Å². The molecule has 0 aliphatic heterocycles. The lowest BCUT2D eigenvalue weighted by atomic mass is 9.94. The lowest BCUT2D eigenvalue weighted by Crippen LogP contribution is -2.43. The number of amides is 1. The second kappa shape index (κ2) is 11.1. The molecule has 0 saturated carbocycles. The van der Waals surface area contributed by atoms with Gasteiger partial charge in [0.05, 0.1) is 11.3 Å². The molecule has 3 aromatic carbocycles. The Morgan fingerprint density at radius 3 is 2.33 bits per heavy atom. The molecule has 4 aromatic rings. The molecular weight excluding hydrogens is 550 g/mol. The van der Waals surface area contributed by atoms with Crippen LogP contribution in [0.15, 0.2) is 60.8 Å². The predicted molar refractivity (Wildman–Crippen MR) is 144 cm³/mol. The molecule has 2 N–H and O–H groups in total. The lowest BCUT2D eigenvalue weighted by molar-refractivity contribution is -0.139. The number of hydrogen-bond acceptors (Lipinski definition) is 5. The summed E-state index contributed by atoms with van der Waals surface area (Å²) in [6.07, 6.45) is 2.29. The number of aromatic nitrogens is 1. The van der Waals surface area contributed by atoms with Crippen LogP contribution in [0.2, 0.25) is 5.02 Å². The summed E-state index contributed by atoms with van der Waals surface area (Å²) < 4.78 is 52.2. The summed E-state index contributed by atoms with van der Waals surface area (Å²) in [4.78, 5) is 29.3. The highest BCUT2D eigenvalue weighted by Gasteiger charge is 2.27. The van der Waals surface area contributed by atoms with E-state index in [4.69, 9.17) is 11.6 Å². The number of carboxylic acids is 1. The first-order valence-corrected chi connectivity index (χ1v) is 14.1. The van der Waals surface area contributed by atoms with Gasteiger partial charge in [-0.1, -0.05) is 41.9 Å². The maximum Gasteiger partial charge on any atom is 0.326 e. The Morgan fingerprint density at radius 1 is 1.05 bits per heavy atom. The van der Waals surface area contributed by atoms with E-state index < -0.39 is 50.7 Å². The van der Waals surface area contributed by atoms with Crippen LogP contribution in [0.3, 0.4) is 0 Å². The number of aryl methyl sites for hydroxylation is 1. The Morgan fingerprint density at radius 2 is 1.72 bits per heavy atom. The van der Waals surface area contributed by atoms with Crippen molar-refractivity contribution in [1.82, 2.24) is 10.3 Å². The Kier molecular flexibility index (Phi) is 7.99. The number of fused-ring (bicyclic) bond motifs is 1. The number of benzene rings is 3. The first-order chi connectivity index (χ1) is 18.3. The van der Waals surface area contributed by atoms with Crippen molar-refractivity contribution in [3.63, 3.8) is 0 Å². The van der Waals surface area contributed by atoms with Gasteiger partial charge in [-0.2, -0.15) is 0 Å². The zero-order valence-electron chi connectivity index (χ0n) is 20.8. The average molecular weight is 573 g/mol. The molecule has 39 heavy (non-hydrogen) atoms. The van der Waals surface area contributed by atoms with Gasteiger partial charge in [0.15, 0.2) is 9.84 Å². The fourth-order valence-corrected chi connectivity index (χ4v) is 5.45. The molecule has 1 amide bonds. The van der Waals surface area contributed by atoms with Crippen molar-refractivity contribution in [3.8, 4) is 11.1 Å². The van der Waals surface area contributed by atoms with E-state index in [0.29, 0.717) is 21.5 Å². The van der Waals surface area contributed by atoms with Gasteiger partial charge >= 0.3 is 5.97 Å². The molecule has 0 aliphatic rings. The maximum atomic E-state index is 14.6. The van der Waals surface area contributed by atoms with Gasteiger partial charge in [0.25, 0.3) is 5.91 Å². The van der Waals surface area contributed by atoms with Gasteiger partial charge in [-0.15, -0.1) is 0 Å². The van der Waals surface area contributed by atoms with E-state index in [1.54, 1.807) is 30.5 Å². The minimum Gasteiger partial charge on any atom is -0.480 e. The van der Waals surface area contributed by atoms with Crippen LogP contribution in [-0.2, 0) is 26.8 Å². The molecule has 1 aromatic heterocycles. The number of pyridine rings is 1. The van der Waals surface area contributed by atoms with E-state index in [1.165, 1.54) is 0 Å². The lowest BCUT2D eigenvalue weighted by Gasteiger charge is -2.18. The summed E-state index contributed by atoms with van der Waals surface area (Å²) in [5.41, 5.74) is 2.37. The molecule has 0 aliphatic carbocycles. The molecule has 0 fully saturated rings. The van der Waals surface area contributed by atoms with Crippen molar-refractivity contribution < 1.29 is 31.9 Å². The number of carboxylic acid groups (broad SMARTS) is 1. The number of carbonyl (C=O) groups is 2. The summed E-state index contributed by atoms with van der Waals surface area (Å²) in [5.74, 6) is -5.92. The molecule has 0 saturated heterocycles. The minimum atomic E-state index is -3.58. The molecule has 0 radical (unpaired) electrons. The highest BCUT2D eigenvalue weighted by atomic mass is 35.5. The molecule has 202 valence electrons. The molecule has 0 spiro atoms. The smallest absolute Gasteiger partial charge is 0.326 e. The largest absolute Gasteiger partial charge is 0.480 e. The van der Waals surface area contributed by atoms with Crippen LogP contribution in [-0.4, -0.2) is 42.7 Å². The standard InChI is InChI=1S/C28H23ClF2N2O5S/c1-15-5-7-19(21(29)10-15)20-8-6-17(18-4-3-9-32-26(18)20)13-24(28(35)36)33-27(34)25-22(30)11-16(12-23(25)31)14-39(2,37)38/h3-12,24H,13-14H2,1-2H3,(H,33,34)(H,35,36)/t24-/m0/s1. The molecule has 1 atom stereocenters. The summed E-state index contributed by atoms with van der Waals surface area (Å²) in [5, 5.41) is 13.1. The predicted octanol–water partition coefficient (Wildman–Crippen LogP) is 5.11. The molecule has 1 heterocycles. The van der Waals surface area contributed by atoms with Crippen molar-refractivity contribution >= 4 is 44.2 Å². The van der Waals surface area contributed by atoms with Crippen molar-refractivity contribution in [2.24, 2.45) is 0 Å². The Balaban J connectivity index is 1.66. The number of nitrogens with zero attached hydrogens (tertiary/aromatic N) is 1. The number of hydrogen-bond donors (Lipinski definition) is 2. The Hall–Kier alpha value is -3.89. The highest BCUT2D eigenvalue weighted by molar-refractivity contribution is 7.89. The van der Waals surface area contributed by atoms with Gasteiger partial charge in [-0.25, -0.2) is 22.0 Å². The zero-order valence-corrected chi connectivity index (χ0v) is 22.4. The van der Waals surface area contributed by atoms with Crippen LogP contribution in [0, 0.1) is 18.6 Å². The fourth-order valence-electron chi connectivity index (χ4n) is 4.34. The van der Waals surface area contributed by atoms with Crippen LogP contribution < -0.4 is 5.32 Å². The second-order valence-corrected chi connectivity index (χ2v) is 11.8. The van der Waals surface area contributed by atoms with Gasteiger partial charge in [0, 0.05) is 40.4 Å². The van der Waals surface area contributed by atoms with E-state index in [9.17, 15) is 31.9 Å². The molecule has 0 bridgehead atoms. The van der Waals surface area contributed by atoms with Crippen LogP contribution in [0.1, 0.15) is 27.0 Å². The molecule has 7 nitrogen and oxygen atoms in total. The number of sulfone groups is 1. The summed E-state index contributed by atoms with van der Waals surface area (Å²) >= 11 is 6.47. The highest BCUT2D eigenvalue weighted by Crippen LogP contribution is 2.34. The monoisotopic (exact) mass is 572 g/mol. The van der Waals surface area contributed by atoms with Crippen LogP contribution >= 0.6 is 11.6 Å². The SMILES string of the molecule is Cc1ccc(-c2ccc(C[C@H](NC(=O)c3c(F)cc(CS(C)(=O)=O)cc3F)C(=O)O)c3cccnc23)c(Cl)c1. The Labute approximate surface area is 228 Å². The number of halogens is 3. The quantitative estimate of drug-likeness (QED) is 0.303. The summed E-state index contributed by atoms with van der Waals surface area (Å²) in [7, 11) is -3.58. The van der Waals surface area contributed by atoms with Crippen molar-refractivity contribution in [3.05, 3.63) is 99.7 Å². The van der Waals surface area contributed by atoms with E-state index in [2.05, 4.69) is 10.3 Å². The number of aliphatic carboxylic acids is 1. The third-order valence-electron chi connectivity index (χ3n) is 6.06. The summed E-state index contributed by atoms with van der Waals surface area (Å²) in [6.45, 7) is 1.91. The van der Waals surface area contributed by atoms with Gasteiger partial charge in [0.1, 0.15) is 23.2 Å². The minimum absolute atomic E-state index is 0.174. The van der Waals surface area contributed by atoms with Gasteiger partial charge in [0.2, 0.25) is 0 Å². The van der Waals surface area contributed by atoms with Crippen LogP contribution in [0.5, 0.6) is 0 Å². The number of rotatable bonds is 8. The summed E-state index contributed by atoms with van der Waals surface area (Å²) in [6, 6.07) is 12.4. The van der Waals surface area contributed by atoms with Gasteiger partial charge in [-0.3, -0.25) is 9.78 Å². The van der Waals surface area contributed by atoms with Crippen molar-refractivity contribution in [2.75, 3.05) is 6.26 Å². The first-order valence-electron chi connectivity index (χ1n) is 11.7. The maximum absolute atomic E-state index is 14.6. The number of nitrogens with one attached hydrogen (secondary N) is 1. The van der Waals surface area contributed by atoms with Crippen LogP contribution in [0.25, 0.3) is 22.0 Å². The van der Waals surface area contributed by atoms with Gasteiger partial charge in [-0.05, 0) is 47.9 Å². The molecule has 4 rings (SSSR count). The topological polar surface area (TPSA) is 113 Å². The second-order valence-electron chi connectivity index (χ2n) is 9.23.